The Morgan fingerprint density at radius 2 is 2.22 bits per heavy atom. The van der Waals surface area contributed by atoms with Gasteiger partial charge in [-0.1, -0.05) is 12.1 Å². The van der Waals surface area contributed by atoms with Crippen molar-refractivity contribution >= 4 is 16.9 Å². The highest BCUT2D eigenvalue weighted by Crippen LogP contribution is 2.30. The maximum absolute atomic E-state index is 9.68. The van der Waals surface area contributed by atoms with E-state index in [4.69, 9.17) is 4.74 Å². The molecule has 3 heterocycles. The molecule has 0 spiro atoms. The molecule has 1 aromatic carbocycles. The number of nitrogens with zero attached hydrogens (tertiary/aromatic N) is 3. The Bertz CT molecular complexity index is 845. The second kappa shape index (κ2) is 5.55. The summed E-state index contributed by atoms with van der Waals surface area (Å²) in [4.78, 5) is 14.4. The molecule has 2 aromatic heterocycles. The monoisotopic (exact) mass is 310 g/mol. The molecule has 1 atom stereocenters. The topological polar surface area (TPSA) is 74.3 Å². The fourth-order valence-corrected chi connectivity index (χ4v) is 3.04. The maximum Gasteiger partial charge on any atom is 0.143 e. The normalized spacial score (nSPS) is 18.5. The lowest BCUT2D eigenvalue weighted by molar-refractivity contribution is 0.0395. The first-order chi connectivity index (χ1) is 11.2. The van der Waals surface area contributed by atoms with Gasteiger partial charge >= 0.3 is 0 Å². The summed E-state index contributed by atoms with van der Waals surface area (Å²) in [7, 11) is 0. The third-order valence-electron chi connectivity index (χ3n) is 4.12. The van der Waals surface area contributed by atoms with Gasteiger partial charge in [-0.15, -0.1) is 0 Å². The van der Waals surface area contributed by atoms with E-state index >= 15 is 0 Å². The van der Waals surface area contributed by atoms with Gasteiger partial charge in [-0.05, 0) is 30.7 Å². The number of hydrogen-bond acceptors (Lipinski definition) is 5. The zero-order chi connectivity index (χ0) is 15.8. The summed E-state index contributed by atoms with van der Waals surface area (Å²) in [6.45, 7) is 4.00. The fraction of sp³-hybridized carbons (Fsp3) is 0.294. The highest BCUT2D eigenvalue weighted by atomic mass is 16.5. The molecule has 4 rings (SSSR count). The van der Waals surface area contributed by atoms with E-state index in [1.165, 1.54) is 0 Å². The van der Waals surface area contributed by atoms with Crippen LogP contribution < -0.4 is 4.90 Å². The van der Waals surface area contributed by atoms with E-state index in [1.54, 1.807) is 12.1 Å². The van der Waals surface area contributed by atoms with Crippen molar-refractivity contribution in [3.05, 3.63) is 47.9 Å². The second-order valence-electron chi connectivity index (χ2n) is 5.73. The Kier molecular flexibility index (Phi) is 3.38. The van der Waals surface area contributed by atoms with Crippen LogP contribution >= 0.6 is 0 Å². The molecular weight excluding hydrogens is 292 g/mol. The van der Waals surface area contributed by atoms with E-state index in [0.717, 1.165) is 34.8 Å². The van der Waals surface area contributed by atoms with Crippen LogP contribution in [0, 0.1) is 6.92 Å². The van der Waals surface area contributed by atoms with Crippen molar-refractivity contribution in [2.24, 2.45) is 0 Å². The minimum atomic E-state index is -0.0832. The number of hydrogen-bond donors (Lipinski definition) is 2. The van der Waals surface area contributed by atoms with Crippen LogP contribution in [-0.2, 0) is 4.74 Å². The molecule has 6 nitrogen and oxygen atoms in total. The van der Waals surface area contributed by atoms with E-state index in [2.05, 4.69) is 19.9 Å². The SMILES string of the molecule is Cc1nc(N2CCO[C@@H](c3cccc(O)c3)C2)c2cc[nH]c2n1. The molecule has 1 aliphatic rings. The average Bonchev–Trinajstić information content (AvgIpc) is 3.02. The quantitative estimate of drug-likeness (QED) is 0.761. The number of phenols is 1. The van der Waals surface area contributed by atoms with Crippen LogP contribution in [0.2, 0.25) is 0 Å². The van der Waals surface area contributed by atoms with Gasteiger partial charge in [0, 0.05) is 19.3 Å². The molecule has 0 amide bonds. The molecule has 6 heteroatoms. The number of ether oxygens (including phenoxy) is 1. The minimum Gasteiger partial charge on any atom is -0.508 e. The highest BCUT2D eigenvalue weighted by molar-refractivity contribution is 5.87. The summed E-state index contributed by atoms with van der Waals surface area (Å²) >= 11 is 0. The number of aromatic hydroxyl groups is 1. The summed E-state index contributed by atoms with van der Waals surface area (Å²) < 4.78 is 5.89. The number of aromatic nitrogens is 3. The van der Waals surface area contributed by atoms with Gasteiger partial charge < -0.3 is 19.7 Å². The predicted molar refractivity (Wildman–Crippen MR) is 87.6 cm³/mol. The molecule has 3 aromatic rings. The number of aromatic amines is 1. The lowest BCUT2D eigenvalue weighted by Gasteiger charge is -2.34. The van der Waals surface area contributed by atoms with Gasteiger partial charge in [0.25, 0.3) is 0 Å². The molecule has 1 fully saturated rings. The van der Waals surface area contributed by atoms with Crippen molar-refractivity contribution in [3.63, 3.8) is 0 Å². The third-order valence-corrected chi connectivity index (χ3v) is 4.12. The van der Waals surface area contributed by atoms with Gasteiger partial charge in [0.2, 0.25) is 0 Å². The number of benzene rings is 1. The molecule has 0 saturated carbocycles. The number of fused-ring (bicyclic) bond motifs is 1. The number of aryl methyl sites for hydroxylation is 1. The Morgan fingerprint density at radius 1 is 1.30 bits per heavy atom. The molecule has 0 aliphatic carbocycles. The van der Waals surface area contributed by atoms with Gasteiger partial charge in [0.05, 0.1) is 12.0 Å². The minimum absolute atomic E-state index is 0.0832. The number of morpholine rings is 1. The lowest BCUT2D eigenvalue weighted by atomic mass is 10.1. The van der Waals surface area contributed by atoms with Gasteiger partial charge in [-0.2, -0.15) is 0 Å². The summed E-state index contributed by atoms with van der Waals surface area (Å²) in [5.41, 5.74) is 1.83. The second-order valence-corrected chi connectivity index (χ2v) is 5.73. The summed E-state index contributed by atoms with van der Waals surface area (Å²) in [5.74, 6) is 1.94. The van der Waals surface area contributed by atoms with Crippen LogP contribution in [0.4, 0.5) is 5.82 Å². The molecule has 23 heavy (non-hydrogen) atoms. The Balaban J connectivity index is 1.67. The maximum atomic E-state index is 9.68. The molecule has 0 bridgehead atoms. The van der Waals surface area contributed by atoms with Crippen LogP contribution in [0.5, 0.6) is 5.75 Å². The van der Waals surface area contributed by atoms with E-state index in [9.17, 15) is 5.11 Å². The summed E-state index contributed by atoms with van der Waals surface area (Å²) in [5, 5.41) is 10.7. The Labute approximate surface area is 133 Å². The Hall–Kier alpha value is -2.60. The van der Waals surface area contributed by atoms with E-state index in [1.807, 2.05) is 31.3 Å². The van der Waals surface area contributed by atoms with Crippen LogP contribution in [0.25, 0.3) is 11.0 Å². The first-order valence-electron chi connectivity index (χ1n) is 7.68. The predicted octanol–water partition coefficient (Wildman–Crippen LogP) is 2.55. The van der Waals surface area contributed by atoms with Crippen molar-refractivity contribution in [1.29, 1.82) is 0 Å². The van der Waals surface area contributed by atoms with Crippen LogP contribution in [0.15, 0.2) is 36.5 Å². The zero-order valence-electron chi connectivity index (χ0n) is 12.9. The van der Waals surface area contributed by atoms with Crippen molar-refractivity contribution in [3.8, 4) is 5.75 Å². The average molecular weight is 310 g/mol. The van der Waals surface area contributed by atoms with Crippen LogP contribution in [-0.4, -0.2) is 39.8 Å². The summed E-state index contributed by atoms with van der Waals surface area (Å²) in [6, 6.07) is 9.24. The smallest absolute Gasteiger partial charge is 0.143 e. The largest absolute Gasteiger partial charge is 0.508 e. The van der Waals surface area contributed by atoms with Gasteiger partial charge in [0.1, 0.15) is 29.1 Å². The number of nitrogens with one attached hydrogen (secondary N) is 1. The van der Waals surface area contributed by atoms with Gasteiger partial charge in [0.15, 0.2) is 0 Å². The summed E-state index contributed by atoms with van der Waals surface area (Å²) in [6.07, 6.45) is 1.80. The lowest BCUT2D eigenvalue weighted by Crippen LogP contribution is -2.39. The molecule has 118 valence electrons. The molecule has 1 aliphatic heterocycles. The first-order valence-corrected chi connectivity index (χ1v) is 7.68. The Morgan fingerprint density at radius 3 is 3.09 bits per heavy atom. The molecule has 0 radical (unpaired) electrons. The molecular formula is C17H18N4O2. The van der Waals surface area contributed by atoms with Crippen molar-refractivity contribution in [2.45, 2.75) is 13.0 Å². The number of phenolic OH excluding ortho intramolecular Hbond substituents is 1. The van der Waals surface area contributed by atoms with Crippen molar-refractivity contribution in [1.82, 2.24) is 15.0 Å². The fourth-order valence-electron chi connectivity index (χ4n) is 3.04. The van der Waals surface area contributed by atoms with Gasteiger partial charge in [-0.25, -0.2) is 9.97 Å². The third kappa shape index (κ3) is 2.61. The molecule has 1 saturated heterocycles. The first kappa shape index (κ1) is 14.0. The highest BCUT2D eigenvalue weighted by Gasteiger charge is 2.25. The van der Waals surface area contributed by atoms with Gasteiger partial charge in [-0.3, -0.25) is 0 Å². The molecule has 0 unspecified atom stereocenters. The van der Waals surface area contributed by atoms with E-state index in [0.29, 0.717) is 13.2 Å². The van der Waals surface area contributed by atoms with Crippen molar-refractivity contribution < 1.29 is 9.84 Å². The van der Waals surface area contributed by atoms with Crippen molar-refractivity contribution in [2.75, 3.05) is 24.6 Å². The number of anilines is 1. The van der Waals surface area contributed by atoms with E-state index < -0.39 is 0 Å². The van der Waals surface area contributed by atoms with E-state index in [-0.39, 0.29) is 11.9 Å². The molecule has 2 N–H and O–H groups in total. The number of H-pyrrole nitrogens is 1. The van der Waals surface area contributed by atoms with Crippen LogP contribution in [0.3, 0.4) is 0 Å². The van der Waals surface area contributed by atoms with Crippen LogP contribution in [0.1, 0.15) is 17.5 Å². The standard InChI is InChI=1S/C17H18N4O2/c1-11-19-16-14(5-6-18-16)17(20-11)21-7-8-23-15(10-21)12-3-2-4-13(22)9-12/h2-6,9,15,22H,7-8,10H2,1H3,(H,18,19,20)/t15-/m1/s1. The zero-order valence-corrected chi connectivity index (χ0v) is 12.9. The number of rotatable bonds is 2.